The van der Waals surface area contributed by atoms with E-state index in [0.29, 0.717) is 11.1 Å². The molecule has 20 heavy (non-hydrogen) atoms. The molecule has 0 aliphatic heterocycles. The van der Waals surface area contributed by atoms with Crippen molar-refractivity contribution in [2.75, 3.05) is 0 Å². The summed E-state index contributed by atoms with van der Waals surface area (Å²) in [6.07, 6.45) is 1.02. The van der Waals surface area contributed by atoms with Crippen LogP contribution in [0.25, 0.3) is 10.2 Å². The summed E-state index contributed by atoms with van der Waals surface area (Å²) in [5, 5.41) is 1.61. The molecule has 3 aromatic rings. The van der Waals surface area contributed by atoms with Crippen LogP contribution in [0.15, 0.2) is 24.3 Å². The van der Waals surface area contributed by atoms with E-state index in [1.54, 1.807) is 11.3 Å². The van der Waals surface area contributed by atoms with Crippen molar-refractivity contribution in [3.05, 3.63) is 56.8 Å². The molecular formula is C16H13ClN2S. The van der Waals surface area contributed by atoms with Crippen LogP contribution in [0.5, 0.6) is 0 Å². The molecule has 4 rings (SSSR count). The SMILES string of the molecule is Cc1sc2nc(C3Cc4ccccc43)nc(Cl)c2c1C. The Morgan fingerprint density at radius 3 is 2.80 bits per heavy atom. The Morgan fingerprint density at radius 1 is 1.20 bits per heavy atom. The Morgan fingerprint density at radius 2 is 2.00 bits per heavy atom. The zero-order valence-corrected chi connectivity index (χ0v) is 12.8. The van der Waals surface area contributed by atoms with Gasteiger partial charge in [0.15, 0.2) is 0 Å². The lowest BCUT2D eigenvalue weighted by molar-refractivity contribution is 0.664. The average Bonchev–Trinajstić information content (AvgIpc) is 2.67. The average molecular weight is 301 g/mol. The molecule has 2 heterocycles. The van der Waals surface area contributed by atoms with Gasteiger partial charge in [-0.2, -0.15) is 0 Å². The summed E-state index contributed by atoms with van der Waals surface area (Å²) in [4.78, 5) is 11.6. The highest BCUT2D eigenvalue weighted by Gasteiger charge is 2.30. The fraction of sp³-hybridized carbons (Fsp3) is 0.250. The molecule has 1 unspecified atom stereocenters. The second-order valence-electron chi connectivity index (χ2n) is 5.29. The first-order valence-electron chi connectivity index (χ1n) is 6.66. The molecule has 0 spiro atoms. The molecule has 1 atom stereocenters. The zero-order valence-electron chi connectivity index (χ0n) is 11.3. The van der Waals surface area contributed by atoms with Gasteiger partial charge in [-0.25, -0.2) is 9.97 Å². The highest BCUT2D eigenvalue weighted by Crippen LogP contribution is 2.41. The topological polar surface area (TPSA) is 25.8 Å². The predicted molar refractivity (Wildman–Crippen MR) is 83.9 cm³/mol. The molecule has 1 aliphatic rings. The number of aromatic nitrogens is 2. The first-order valence-corrected chi connectivity index (χ1v) is 7.85. The number of hydrogen-bond acceptors (Lipinski definition) is 3. The van der Waals surface area contributed by atoms with Crippen LogP contribution in [0.1, 0.15) is 33.3 Å². The van der Waals surface area contributed by atoms with E-state index in [0.717, 1.165) is 22.5 Å². The van der Waals surface area contributed by atoms with Gasteiger partial charge in [-0.05, 0) is 37.0 Å². The third-order valence-electron chi connectivity index (χ3n) is 4.17. The van der Waals surface area contributed by atoms with Crippen molar-refractivity contribution in [1.29, 1.82) is 0 Å². The molecule has 0 saturated heterocycles. The lowest BCUT2D eigenvalue weighted by Crippen LogP contribution is -2.20. The van der Waals surface area contributed by atoms with Crippen molar-refractivity contribution in [2.24, 2.45) is 0 Å². The molecule has 1 aliphatic carbocycles. The Bertz CT molecular complexity index is 838. The molecule has 0 amide bonds. The smallest absolute Gasteiger partial charge is 0.141 e. The molecule has 0 fully saturated rings. The fourth-order valence-corrected chi connectivity index (χ4v) is 4.27. The van der Waals surface area contributed by atoms with E-state index in [-0.39, 0.29) is 0 Å². The van der Waals surface area contributed by atoms with Crippen molar-refractivity contribution < 1.29 is 0 Å². The normalized spacial score (nSPS) is 17.1. The number of fused-ring (bicyclic) bond motifs is 2. The third kappa shape index (κ3) is 1.63. The summed E-state index contributed by atoms with van der Waals surface area (Å²) in [5.41, 5.74) is 3.94. The molecule has 2 nitrogen and oxygen atoms in total. The molecule has 0 bridgehead atoms. The van der Waals surface area contributed by atoms with E-state index in [2.05, 4.69) is 43.1 Å². The monoisotopic (exact) mass is 300 g/mol. The summed E-state index contributed by atoms with van der Waals surface area (Å²) in [7, 11) is 0. The maximum absolute atomic E-state index is 6.39. The number of thiophene rings is 1. The highest BCUT2D eigenvalue weighted by molar-refractivity contribution is 7.18. The van der Waals surface area contributed by atoms with Gasteiger partial charge in [0.05, 0.1) is 5.39 Å². The van der Waals surface area contributed by atoms with Gasteiger partial charge >= 0.3 is 0 Å². The first-order chi connectivity index (χ1) is 9.65. The van der Waals surface area contributed by atoms with Crippen molar-refractivity contribution >= 4 is 33.2 Å². The number of rotatable bonds is 1. The van der Waals surface area contributed by atoms with Gasteiger partial charge in [-0.3, -0.25) is 0 Å². The van der Waals surface area contributed by atoms with E-state index in [1.807, 2.05) is 0 Å². The van der Waals surface area contributed by atoms with Crippen LogP contribution in [0, 0.1) is 13.8 Å². The number of hydrogen-bond donors (Lipinski definition) is 0. The lowest BCUT2D eigenvalue weighted by Gasteiger charge is -2.28. The molecule has 4 heteroatoms. The molecule has 0 radical (unpaired) electrons. The second kappa shape index (κ2) is 4.27. The molecule has 1 aromatic carbocycles. The van der Waals surface area contributed by atoms with Crippen LogP contribution >= 0.6 is 22.9 Å². The van der Waals surface area contributed by atoms with Gasteiger partial charge < -0.3 is 0 Å². The van der Waals surface area contributed by atoms with Crippen LogP contribution in [-0.4, -0.2) is 9.97 Å². The second-order valence-corrected chi connectivity index (χ2v) is 6.85. The summed E-state index contributed by atoms with van der Waals surface area (Å²) in [6.45, 7) is 4.19. The van der Waals surface area contributed by atoms with Gasteiger partial charge in [0.25, 0.3) is 0 Å². The van der Waals surface area contributed by atoms with Crippen molar-refractivity contribution in [1.82, 2.24) is 9.97 Å². The Labute approximate surface area is 126 Å². The fourth-order valence-electron chi connectivity index (χ4n) is 2.86. The maximum atomic E-state index is 6.39. The van der Waals surface area contributed by atoms with E-state index in [1.165, 1.54) is 21.6 Å². The number of benzene rings is 1. The van der Waals surface area contributed by atoms with Crippen LogP contribution in [0.2, 0.25) is 5.15 Å². The van der Waals surface area contributed by atoms with E-state index < -0.39 is 0 Å². The quantitative estimate of drug-likeness (QED) is 0.611. The molecule has 0 saturated carbocycles. The molecular weight excluding hydrogens is 288 g/mol. The summed E-state index contributed by atoms with van der Waals surface area (Å²) < 4.78 is 0. The van der Waals surface area contributed by atoms with Crippen LogP contribution in [-0.2, 0) is 6.42 Å². The van der Waals surface area contributed by atoms with E-state index in [4.69, 9.17) is 16.6 Å². The van der Waals surface area contributed by atoms with Gasteiger partial charge in [-0.15, -0.1) is 11.3 Å². The van der Waals surface area contributed by atoms with Crippen LogP contribution < -0.4 is 0 Å². The third-order valence-corrected chi connectivity index (χ3v) is 5.54. The Hall–Kier alpha value is -1.45. The Balaban J connectivity index is 1.87. The van der Waals surface area contributed by atoms with Crippen molar-refractivity contribution in [3.8, 4) is 0 Å². The molecule has 0 N–H and O–H groups in total. The van der Waals surface area contributed by atoms with Gasteiger partial charge in [-0.1, -0.05) is 35.9 Å². The summed E-state index contributed by atoms with van der Waals surface area (Å²) in [6, 6.07) is 8.49. The van der Waals surface area contributed by atoms with Crippen molar-refractivity contribution in [2.45, 2.75) is 26.2 Å². The first kappa shape index (κ1) is 12.3. The predicted octanol–water partition coefficient (Wildman–Crippen LogP) is 4.65. The number of nitrogens with zero attached hydrogens (tertiary/aromatic N) is 2. The highest BCUT2D eigenvalue weighted by atomic mass is 35.5. The van der Waals surface area contributed by atoms with Gasteiger partial charge in [0.1, 0.15) is 15.8 Å². The molecule has 2 aromatic heterocycles. The van der Waals surface area contributed by atoms with Gasteiger partial charge in [0.2, 0.25) is 0 Å². The zero-order chi connectivity index (χ0) is 13.9. The minimum Gasteiger partial charge on any atom is -0.221 e. The maximum Gasteiger partial charge on any atom is 0.141 e. The summed E-state index contributed by atoms with van der Waals surface area (Å²) in [5.74, 6) is 1.17. The number of aryl methyl sites for hydroxylation is 2. The molecule has 100 valence electrons. The summed E-state index contributed by atoms with van der Waals surface area (Å²) >= 11 is 8.09. The van der Waals surface area contributed by atoms with Crippen molar-refractivity contribution in [3.63, 3.8) is 0 Å². The largest absolute Gasteiger partial charge is 0.221 e. The standard InChI is InChI=1S/C16H13ClN2S/c1-8-9(2)20-16-13(8)14(17)18-15(19-16)12-7-10-5-3-4-6-11(10)12/h3-6,12H,7H2,1-2H3. The lowest BCUT2D eigenvalue weighted by atomic mass is 9.77. The van der Waals surface area contributed by atoms with Gasteiger partial charge in [0, 0.05) is 10.8 Å². The van der Waals surface area contributed by atoms with Crippen LogP contribution in [0.4, 0.5) is 0 Å². The minimum absolute atomic E-state index is 0.302. The number of halogens is 1. The van der Waals surface area contributed by atoms with Crippen LogP contribution in [0.3, 0.4) is 0 Å². The van der Waals surface area contributed by atoms with E-state index >= 15 is 0 Å². The Kier molecular flexibility index (Phi) is 2.63. The minimum atomic E-state index is 0.302. The van der Waals surface area contributed by atoms with E-state index in [9.17, 15) is 0 Å².